The van der Waals surface area contributed by atoms with Gasteiger partial charge in [0.15, 0.2) is 6.29 Å². The van der Waals surface area contributed by atoms with Crippen molar-refractivity contribution in [3.8, 4) is 0 Å². The molecule has 0 saturated carbocycles. The maximum atomic E-state index is 6.04. The van der Waals surface area contributed by atoms with Crippen molar-refractivity contribution in [2.75, 3.05) is 13.2 Å². The molecule has 1 aromatic heterocycles. The van der Waals surface area contributed by atoms with Crippen molar-refractivity contribution in [2.45, 2.75) is 84.8 Å². The van der Waals surface area contributed by atoms with E-state index in [1.807, 2.05) is 24.7 Å². The molecule has 1 unspecified atom stereocenters. The van der Waals surface area contributed by atoms with Gasteiger partial charge in [-0.2, -0.15) is 5.10 Å². The molecule has 3 heterocycles. The number of ether oxygens (including phenoxy) is 2. The normalized spacial score (nSPS) is 24.7. The fourth-order valence-corrected chi connectivity index (χ4v) is 2.72. The van der Waals surface area contributed by atoms with Gasteiger partial charge in [-0.05, 0) is 47.0 Å². The van der Waals surface area contributed by atoms with E-state index in [1.165, 1.54) is 6.42 Å². The molecule has 2 aliphatic rings. The van der Waals surface area contributed by atoms with Gasteiger partial charge in [-0.3, -0.25) is 4.68 Å². The van der Waals surface area contributed by atoms with E-state index in [9.17, 15) is 0 Å². The van der Waals surface area contributed by atoms with Gasteiger partial charge in [0.1, 0.15) is 0 Å². The molecule has 0 bridgehead atoms. The molecule has 142 valence electrons. The van der Waals surface area contributed by atoms with Gasteiger partial charge in [0.25, 0.3) is 0 Å². The van der Waals surface area contributed by atoms with Crippen LogP contribution >= 0.6 is 0 Å². The summed E-state index contributed by atoms with van der Waals surface area (Å²) in [5.41, 5.74) is 0.278. The molecule has 6 nitrogen and oxygen atoms in total. The van der Waals surface area contributed by atoms with Crippen LogP contribution in [0.3, 0.4) is 0 Å². The zero-order chi connectivity index (χ0) is 18.5. The maximum absolute atomic E-state index is 6.04. The standard InChI is InChI=1S/C16H27BN2O4.C2H6/c1-15(2)16(3,4)23-17(22-15)13-11-18-19(12-13)8-10-21-14-7-5-6-9-20-14;1-2/h11-12,14H,5-10H2,1-4H3;1-2H3. The molecule has 25 heavy (non-hydrogen) atoms. The minimum absolute atomic E-state index is 0.0538. The van der Waals surface area contributed by atoms with E-state index in [4.69, 9.17) is 18.8 Å². The topological polar surface area (TPSA) is 54.7 Å². The van der Waals surface area contributed by atoms with Crippen LogP contribution in [0.4, 0.5) is 0 Å². The van der Waals surface area contributed by atoms with Crippen molar-refractivity contribution in [1.82, 2.24) is 9.78 Å². The second-order valence-corrected chi connectivity index (χ2v) is 7.29. The van der Waals surface area contributed by atoms with Crippen molar-refractivity contribution in [3.63, 3.8) is 0 Å². The molecule has 0 radical (unpaired) electrons. The molecule has 2 fully saturated rings. The molecule has 2 saturated heterocycles. The lowest BCUT2D eigenvalue weighted by atomic mass is 9.82. The van der Waals surface area contributed by atoms with Crippen molar-refractivity contribution < 1.29 is 18.8 Å². The molecular weight excluding hydrogens is 319 g/mol. The quantitative estimate of drug-likeness (QED) is 0.763. The molecule has 3 rings (SSSR count). The molecule has 7 heteroatoms. The fourth-order valence-electron chi connectivity index (χ4n) is 2.72. The van der Waals surface area contributed by atoms with Gasteiger partial charge < -0.3 is 18.8 Å². The third-order valence-electron chi connectivity index (χ3n) is 4.94. The maximum Gasteiger partial charge on any atom is 0.498 e. The fraction of sp³-hybridized carbons (Fsp3) is 0.833. The molecule has 0 aromatic carbocycles. The van der Waals surface area contributed by atoms with Crippen LogP contribution in [0.5, 0.6) is 0 Å². The minimum atomic E-state index is -0.364. The van der Waals surface area contributed by atoms with Crippen LogP contribution < -0.4 is 5.46 Å². The van der Waals surface area contributed by atoms with Crippen molar-refractivity contribution in [1.29, 1.82) is 0 Å². The lowest BCUT2D eigenvalue weighted by Gasteiger charge is -2.32. The number of hydrogen-bond donors (Lipinski definition) is 0. The Balaban J connectivity index is 0.00000109. The molecule has 0 N–H and O–H groups in total. The number of rotatable bonds is 5. The molecule has 1 atom stereocenters. The Morgan fingerprint density at radius 3 is 2.48 bits per heavy atom. The van der Waals surface area contributed by atoms with Crippen LogP contribution in [0, 0.1) is 0 Å². The predicted molar refractivity (Wildman–Crippen MR) is 98.8 cm³/mol. The molecule has 2 aliphatic heterocycles. The van der Waals surface area contributed by atoms with E-state index in [1.54, 1.807) is 6.20 Å². The molecule has 1 aromatic rings. The highest BCUT2D eigenvalue weighted by atomic mass is 16.7. The summed E-state index contributed by atoms with van der Waals surface area (Å²) in [7, 11) is -0.364. The van der Waals surface area contributed by atoms with Crippen LogP contribution in [0.1, 0.15) is 60.8 Å². The first-order valence-electron chi connectivity index (χ1n) is 9.49. The first-order valence-corrected chi connectivity index (χ1v) is 9.49. The Labute approximate surface area is 152 Å². The summed E-state index contributed by atoms with van der Waals surface area (Å²) in [5, 5.41) is 4.37. The summed E-state index contributed by atoms with van der Waals surface area (Å²) in [6, 6.07) is 0. The van der Waals surface area contributed by atoms with Crippen LogP contribution in [-0.4, -0.2) is 47.6 Å². The van der Waals surface area contributed by atoms with Crippen LogP contribution in [0.15, 0.2) is 12.4 Å². The largest absolute Gasteiger partial charge is 0.498 e. The van der Waals surface area contributed by atoms with Crippen molar-refractivity contribution >= 4 is 12.6 Å². The lowest BCUT2D eigenvalue weighted by Crippen LogP contribution is -2.41. The Hall–Kier alpha value is -0.885. The summed E-state index contributed by atoms with van der Waals surface area (Å²) in [4.78, 5) is 0. The first kappa shape index (κ1) is 20.4. The number of hydrogen-bond acceptors (Lipinski definition) is 5. The van der Waals surface area contributed by atoms with Crippen LogP contribution in [0.25, 0.3) is 0 Å². The zero-order valence-corrected chi connectivity index (χ0v) is 16.6. The second-order valence-electron chi connectivity index (χ2n) is 7.29. The summed E-state index contributed by atoms with van der Waals surface area (Å²) >= 11 is 0. The van der Waals surface area contributed by atoms with E-state index in [0.29, 0.717) is 13.2 Å². The highest BCUT2D eigenvalue weighted by Crippen LogP contribution is 2.36. The SMILES string of the molecule is CC.CC1(C)OB(c2cnn(CCOC3CCCCO3)c2)OC1(C)C. The van der Waals surface area contributed by atoms with E-state index in [0.717, 1.165) is 24.9 Å². The monoisotopic (exact) mass is 352 g/mol. The Bertz CT molecular complexity index is 511. The predicted octanol–water partition coefficient (Wildman–Crippen LogP) is 2.75. The van der Waals surface area contributed by atoms with Crippen LogP contribution in [0.2, 0.25) is 0 Å². The zero-order valence-electron chi connectivity index (χ0n) is 16.6. The summed E-state index contributed by atoms with van der Waals surface area (Å²) in [6.45, 7) is 14.3. The van der Waals surface area contributed by atoms with Gasteiger partial charge in [0, 0.05) is 24.5 Å². The smallest absolute Gasteiger partial charge is 0.399 e. The molecule has 0 aliphatic carbocycles. The first-order chi connectivity index (χ1) is 11.9. The third kappa shape index (κ3) is 5.06. The lowest BCUT2D eigenvalue weighted by molar-refractivity contribution is -0.163. The van der Waals surface area contributed by atoms with Crippen molar-refractivity contribution in [3.05, 3.63) is 12.4 Å². The molecule has 0 amide bonds. The molecule has 0 spiro atoms. The van der Waals surface area contributed by atoms with Crippen molar-refractivity contribution in [2.24, 2.45) is 0 Å². The summed E-state index contributed by atoms with van der Waals surface area (Å²) in [5.74, 6) is 0. The highest BCUT2D eigenvalue weighted by molar-refractivity contribution is 6.61. The molecular formula is C18H33BN2O4. The Morgan fingerprint density at radius 1 is 1.20 bits per heavy atom. The third-order valence-corrected chi connectivity index (χ3v) is 4.94. The highest BCUT2D eigenvalue weighted by Gasteiger charge is 2.52. The summed E-state index contributed by atoms with van der Waals surface area (Å²) < 4.78 is 25.2. The Kier molecular flexibility index (Phi) is 7.08. The van der Waals surface area contributed by atoms with E-state index in [2.05, 4.69) is 32.8 Å². The minimum Gasteiger partial charge on any atom is -0.399 e. The van der Waals surface area contributed by atoms with Gasteiger partial charge in [0.2, 0.25) is 0 Å². The van der Waals surface area contributed by atoms with Crippen LogP contribution in [-0.2, 0) is 25.3 Å². The van der Waals surface area contributed by atoms with Gasteiger partial charge in [0.05, 0.1) is 24.4 Å². The van der Waals surface area contributed by atoms with E-state index >= 15 is 0 Å². The average molecular weight is 352 g/mol. The van der Waals surface area contributed by atoms with Gasteiger partial charge in [-0.1, -0.05) is 13.8 Å². The second kappa shape index (κ2) is 8.67. The van der Waals surface area contributed by atoms with Gasteiger partial charge in [-0.25, -0.2) is 0 Å². The van der Waals surface area contributed by atoms with E-state index < -0.39 is 0 Å². The summed E-state index contributed by atoms with van der Waals surface area (Å²) in [6.07, 6.45) is 7.02. The van der Waals surface area contributed by atoms with E-state index in [-0.39, 0.29) is 24.6 Å². The Morgan fingerprint density at radius 2 is 1.88 bits per heavy atom. The average Bonchev–Trinajstić information content (AvgIpc) is 3.13. The van der Waals surface area contributed by atoms with Gasteiger partial charge in [-0.15, -0.1) is 0 Å². The number of nitrogens with zero attached hydrogens (tertiary/aromatic N) is 2. The van der Waals surface area contributed by atoms with Gasteiger partial charge >= 0.3 is 7.12 Å². The number of aromatic nitrogens is 2.